The van der Waals surface area contributed by atoms with Gasteiger partial charge in [0.1, 0.15) is 0 Å². The largest absolute Gasteiger partial charge is 0.0616 e. The van der Waals surface area contributed by atoms with Crippen LogP contribution in [0.3, 0.4) is 0 Å². The first-order valence-electron chi connectivity index (χ1n) is 16.5. The summed E-state index contributed by atoms with van der Waals surface area (Å²) in [5, 5.41) is 9.80. The van der Waals surface area contributed by atoms with Crippen molar-refractivity contribution >= 4 is 67.4 Å². The molecule has 8 rings (SSSR count). The maximum absolute atomic E-state index is 3.42. The summed E-state index contributed by atoms with van der Waals surface area (Å²) in [5.41, 5.74) is 9.41. The quantitative estimate of drug-likeness (QED) is 0.106. The van der Waals surface area contributed by atoms with Crippen LogP contribution in [0.5, 0.6) is 0 Å². The van der Waals surface area contributed by atoms with Gasteiger partial charge in [-0.2, -0.15) is 0 Å². The summed E-state index contributed by atoms with van der Waals surface area (Å²) in [6.45, 7) is 4.23. The summed E-state index contributed by atoms with van der Waals surface area (Å²) in [4.78, 5) is 0. The van der Waals surface area contributed by atoms with Crippen molar-refractivity contribution in [3.05, 3.63) is 190 Å². The molecule has 0 heterocycles. The van der Waals surface area contributed by atoms with Gasteiger partial charge in [0.05, 0.1) is 0 Å². The predicted molar refractivity (Wildman–Crippen MR) is 209 cm³/mol. The molecule has 0 spiro atoms. The van der Waals surface area contributed by atoms with Gasteiger partial charge in [-0.3, -0.25) is 0 Å². The molecule has 0 nitrogen and oxygen atoms in total. The highest BCUT2D eigenvalue weighted by Crippen LogP contribution is 2.27. The summed E-state index contributed by atoms with van der Waals surface area (Å²) < 4.78 is 0. The number of fused-ring (bicyclic) bond motifs is 4. The van der Waals surface area contributed by atoms with Crippen LogP contribution in [0.15, 0.2) is 146 Å². The number of rotatable bonds is 4. The fourth-order valence-electron chi connectivity index (χ4n) is 6.28. The summed E-state index contributed by atoms with van der Waals surface area (Å²) in [5.74, 6) is 6.84. The third-order valence-corrected chi connectivity index (χ3v) is 9.08. The zero-order valence-electron chi connectivity index (χ0n) is 27.2. The normalized spacial score (nSPS) is 11.6. The second-order valence-electron chi connectivity index (χ2n) is 12.8. The molecule has 8 aromatic carbocycles. The van der Waals surface area contributed by atoms with Gasteiger partial charge in [-0.05, 0) is 140 Å². The van der Waals surface area contributed by atoms with Crippen LogP contribution in [-0.4, -0.2) is 0 Å². The number of aryl methyl sites for hydroxylation is 2. The molecule has 48 heavy (non-hydrogen) atoms. The highest BCUT2D eigenvalue weighted by atomic mass is 14.1. The summed E-state index contributed by atoms with van der Waals surface area (Å²) >= 11 is 0. The van der Waals surface area contributed by atoms with Gasteiger partial charge in [0.15, 0.2) is 0 Å². The van der Waals surface area contributed by atoms with E-state index in [0.29, 0.717) is 0 Å². The average molecular weight is 611 g/mol. The van der Waals surface area contributed by atoms with Gasteiger partial charge in [-0.1, -0.05) is 132 Å². The molecular weight excluding hydrogens is 577 g/mol. The zero-order valence-corrected chi connectivity index (χ0v) is 27.2. The van der Waals surface area contributed by atoms with E-state index in [1.165, 1.54) is 76.5 Å². The Morgan fingerprint density at radius 2 is 0.604 bits per heavy atom. The highest BCUT2D eigenvalue weighted by molar-refractivity contribution is 6.01. The molecular formula is C48H34. The Hall–Kier alpha value is -6.16. The molecule has 0 aliphatic carbocycles. The molecule has 0 N–H and O–H groups in total. The topological polar surface area (TPSA) is 0 Å². The van der Waals surface area contributed by atoms with Crippen molar-refractivity contribution in [2.45, 2.75) is 13.8 Å². The summed E-state index contributed by atoms with van der Waals surface area (Å²) in [6, 6.07) is 52.7. The van der Waals surface area contributed by atoms with Crippen LogP contribution in [0, 0.1) is 25.7 Å². The van der Waals surface area contributed by atoms with Crippen LogP contribution in [0.1, 0.15) is 44.5 Å². The monoisotopic (exact) mass is 610 g/mol. The minimum Gasteiger partial charge on any atom is -0.0616 e. The lowest BCUT2D eigenvalue weighted by atomic mass is 9.99. The molecule has 0 heteroatoms. The van der Waals surface area contributed by atoms with E-state index in [2.05, 4.69) is 196 Å². The molecule has 0 bridgehead atoms. The van der Waals surface area contributed by atoms with E-state index in [-0.39, 0.29) is 0 Å². The minimum atomic E-state index is 1.02. The van der Waals surface area contributed by atoms with Gasteiger partial charge in [0, 0.05) is 11.1 Å². The molecule has 0 aliphatic rings. The van der Waals surface area contributed by atoms with E-state index < -0.39 is 0 Å². The van der Waals surface area contributed by atoms with Gasteiger partial charge < -0.3 is 0 Å². The number of benzene rings is 8. The minimum absolute atomic E-state index is 1.02. The third kappa shape index (κ3) is 6.41. The van der Waals surface area contributed by atoms with Crippen molar-refractivity contribution < 1.29 is 0 Å². The molecule has 226 valence electrons. The van der Waals surface area contributed by atoms with E-state index in [0.717, 1.165) is 11.1 Å². The molecule has 0 amide bonds. The third-order valence-electron chi connectivity index (χ3n) is 9.08. The first-order valence-corrected chi connectivity index (χ1v) is 16.5. The van der Waals surface area contributed by atoms with E-state index in [1.807, 2.05) is 0 Å². The molecule has 0 aliphatic heterocycles. The fourth-order valence-corrected chi connectivity index (χ4v) is 6.28. The molecule has 0 fully saturated rings. The number of hydrogen-bond donors (Lipinski definition) is 0. The fraction of sp³-hybridized carbons (Fsp3) is 0.0417. The lowest BCUT2D eigenvalue weighted by molar-refractivity contribution is 1.46. The Labute approximate surface area is 282 Å². The standard InChI is InChI=1S/C48H34/c1-33-3-7-35(8-4-33)11-13-37-17-21-41-31-47-27-39(19-23-43(47)29-45(41)25-37)15-16-40-20-24-44-30-46-26-38(18-22-42(46)32-48(44)28-40)14-12-36-9-5-34(2)6-10-36/h3-14,17-32H,1-2H3. The lowest BCUT2D eigenvalue weighted by Crippen LogP contribution is -1.82. The van der Waals surface area contributed by atoms with E-state index in [9.17, 15) is 0 Å². The first-order chi connectivity index (χ1) is 23.5. The van der Waals surface area contributed by atoms with Gasteiger partial charge in [0.2, 0.25) is 0 Å². The molecule has 0 unspecified atom stereocenters. The zero-order chi connectivity index (χ0) is 32.5. The first kappa shape index (κ1) is 29.3. The maximum Gasteiger partial charge on any atom is 0.0255 e. The van der Waals surface area contributed by atoms with Gasteiger partial charge >= 0.3 is 0 Å². The lowest BCUT2D eigenvalue weighted by Gasteiger charge is -2.05. The van der Waals surface area contributed by atoms with Crippen LogP contribution < -0.4 is 0 Å². The predicted octanol–water partition coefficient (Wildman–Crippen LogP) is 12.7. The number of hydrogen-bond acceptors (Lipinski definition) is 0. The summed E-state index contributed by atoms with van der Waals surface area (Å²) in [6.07, 6.45) is 8.72. The molecule has 0 atom stereocenters. The van der Waals surface area contributed by atoms with Crippen molar-refractivity contribution in [1.82, 2.24) is 0 Å². The van der Waals surface area contributed by atoms with Crippen molar-refractivity contribution in [3.8, 4) is 11.8 Å². The van der Waals surface area contributed by atoms with E-state index in [1.54, 1.807) is 0 Å². The van der Waals surface area contributed by atoms with Crippen molar-refractivity contribution in [2.24, 2.45) is 0 Å². The van der Waals surface area contributed by atoms with Crippen LogP contribution in [0.2, 0.25) is 0 Å². The van der Waals surface area contributed by atoms with Crippen LogP contribution >= 0.6 is 0 Å². The maximum atomic E-state index is 3.42. The van der Waals surface area contributed by atoms with E-state index >= 15 is 0 Å². The average Bonchev–Trinajstić information content (AvgIpc) is 3.11. The smallest absolute Gasteiger partial charge is 0.0255 e. The van der Waals surface area contributed by atoms with Crippen molar-refractivity contribution in [2.75, 3.05) is 0 Å². The Morgan fingerprint density at radius 3 is 1.00 bits per heavy atom. The van der Waals surface area contributed by atoms with Crippen LogP contribution in [0.4, 0.5) is 0 Å². The SMILES string of the molecule is Cc1ccc(C=Cc2ccc3cc4cc(C#Cc5ccc6cc7cc(C=Cc8ccc(C)cc8)ccc7cc6c5)ccc4cc3c2)cc1. The Morgan fingerprint density at radius 1 is 0.292 bits per heavy atom. The highest BCUT2D eigenvalue weighted by Gasteiger charge is 2.03. The molecule has 8 aromatic rings. The van der Waals surface area contributed by atoms with Gasteiger partial charge in [-0.15, -0.1) is 0 Å². The second kappa shape index (κ2) is 12.6. The molecule has 0 radical (unpaired) electrons. The Kier molecular flexibility index (Phi) is 7.66. The van der Waals surface area contributed by atoms with Gasteiger partial charge in [0.25, 0.3) is 0 Å². The van der Waals surface area contributed by atoms with Crippen molar-refractivity contribution in [3.63, 3.8) is 0 Å². The van der Waals surface area contributed by atoms with E-state index in [4.69, 9.17) is 0 Å². The Balaban J connectivity index is 1.02. The Bertz CT molecular complexity index is 2420. The molecule has 0 saturated heterocycles. The van der Waals surface area contributed by atoms with Crippen molar-refractivity contribution in [1.29, 1.82) is 0 Å². The second-order valence-corrected chi connectivity index (χ2v) is 12.8. The summed E-state index contributed by atoms with van der Waals surface area (Å²) in [7, 11) is 0. The molecule has 0 saturated carbocycles. The molecule has 0 aromatic heterocycles. The van der Waals surface area contributed by atoms with Crippen LogP contribution in [-0.2, 0) is 0 Å². The van der Waals surface area contributed by atoms with Crippen LogP contribution in [0.25, 0.3) is 67.4 Å². The van der Waals surface area contributed by atoms with Gasteiger partial charge in [-0.25, -0.2) is 0 Å².